The molecule has 1 heterocycles. The van der Waals surface area contributed by atoms with Crippen LogP contribution in [0.4, 0.5) is 0 Å². The van der Waals surface area contributed by atoms with Gasteiger partial charge in [0, 0.05) is 16.5 Å². The Labute approximate surface area is 142 Å². The summed E-state index contributed by atoms with van der Waals surface area (Å²) in [4.78, 5) is 12.7. The second kappa shape index (κ2) is 9.36. The van der Waals surface area contributed by atoms with Gasteiger partial charge in [0.25, 0.3) is 0 Å². The Hall–Kier alpha value is -1.81. The maximum Gasteiger partial charge on any atom is 0.160 e. The van der Waals surface area contributed by atoms with Crippen LogP contribution in [0.5, 0.6) is 11.5 Å². The SMILES string of the molecule is CCCCOc1ccc(-c2ccc(C=O)s2)c(OCCCC)c1. The first kappa shape index (κ1) is 17.5. The molecule has 0 N–H and O–H groups in total. The second-order valence-corrected chi connectivity index (χ2v) is 6.50. The van der Waals surface area contributed by atoms with E-state index in [1.165, 1.54) is 11.3 Å². The monoisotopic (exact) mass is 332 g/mol. The zero-order valence-corrected chi connectivity index (χ0v) is 14.7. The van der Waals surface area contributed by atoms with Gasteiger partial charge in [0.15, 0.2) is 6.29 Å². The molecule has 0 aliphatic rings. The van der Waals surface area contributed by atoms with E-state index in [0.29, 0.717) is 6.61 Å². The average Bonchev–Trinajstić information content (AvgIpc) is 3.04. The topological polar surface area (TPSA) is 35.5 Å². The van der Waals surface area contributed by atoms with Crippen molar-refractivity contribution in [1.29, 1.82) is 0 Å². The lowest BCUT2D eigenvalue weighted by Gasteiger charge is -2.13. The number of ether oxygens (including phenoxy) is 2. The van der Waals surface area contributed by atoms with Crippen molar-refractivity contribution in [3.63, 3.8) is 0 Å². The van der Waals surface area contributed by atoms with E-state index >= 15 is 0 Å². The summed E-state index contributed by atoms with van der Waals surface area (Å²) < 4.78 is 11.7. The van der Waals surface area contributed by atoms with Crippen molar-refractivity contribution in [2.24, 2.45) is 0 Å². The molecule has 0 saturated carbocycles. The fourth-order valence-corrected chi connectivity index (χ4v) is 2.99. The van der Waals surface area contributed by atoms with Crippen LogP contribution in [0.1, 0.15) is 49.2 Å². The van der Waals surface area contributed by atoms with Gasteiger partial charge in [-0.3, -0.25) is 4.79 Å². The highest BCUT2D eigenvalue weighted by Gasteiger charge is 2.11. The van der Waals surface area contributed by atoms with Crippen LogP contribution in [0.15, 0.2) is 30.3 Å². The number of thiophene rings is 1. The maximum atomic E-state index is 10.9. The third-order valence-corrected chi connectivity index (χ3v) is 4.53. The van der Waals surface area contributed by atoms with Crippen LogP contribution in [-0.4, -0.2) is 19.5 Å². The van der Waals surface area contributed by atoms with Gasteiger partial charge < -0.3 is 9.47 Å². The van der Waals surface area contributed by atoms with E-state index in [-0.39, 0.29) is 0 Å². The first-order valence-electron chi connectivity index (χ1n) is 8.23. The van der Waals surface area contributed by atoms with Crippen molar-refractivity contribution in [3.05, 3.63) is 35.2 Å². The zero-order valence-electron chi connectivity index (χ0n) is 13.8. The van der Waals surface area contributed by atoms with Crippen molar-refractivity contribution in [1.82, 2.24) is 0 Å². The Balaban J connectivity index is 2.22. The van der Waals surface area contributed by atoms with E-state index < -0.39 is 0 Å². The van der Waals surface area contributed by atoms with Crippen LogP contribution >= 0.6 is 11.3 Å². The van der Waals surface area contributed by atoms with Crippen molar-refractivity contribution < 1.29 is 14.3 Å². The summed E-state index contributed by atoms with van der Waals surface area (Å²) >= 11 is 1.48. The van der Waals surface area contributed by atoms with Crippen LogP contribution in [0, 0.1) is 0 Å². The Morgan fingerprint density at radius 2 is 1.74 bits per heavy atom. The van der Waals surface area contributed by atoms with E-state index in [1.54, 1.807) is 0 Å². The van der Waals surface area contributed by atoms with Gasteiger partial charge in [-0.2, -0.15) is 0 Å². The predicted molar refractivity (Wildman–Crippen MR) is 95.9 cm³/mol. The number of carbonyl (C=O) groups excluding carboxylic acids is 1. The molecule has 0 spiro atoms. The van der Waals surface area contributed by atoms with Crippen LogP contribution in [0.25, 0.3) is 10.4 Å². The Morgan fingerprint density at radius 1 is 1.00 bits per heavy atom. The molecule has 3 nitrogen and oxygen atoms in total. The summed E-state index contributed by atoms with van der Waals surface area (Å²) in [5, 5.41) is 0. The molecule has 0 amide bonds. The molecule has 0 bridgehead atoms. The van der Waals surface area contributed by atoms with Crippen molar-refractivity contribution in [2.45, 2.75) is 39.5 Å². The molecule has 4 heteroatoms. The standard InChI is InChI=1S/C19H24O3S/c1-3-5-11-21-15-7-9-17(18(13-15)22-12-6-4-2)19-10-8-16(14-20)23-19/h7-10,13-14H,3-6,11-12H2,1-2H3. The molecule has 124 valence electrons. The number of benzene rings is 1. The van der Waals surface area contributed by atoms with Crippen molar-refractivity contribution in [2.75, 3.05) is 13.2 Å². The highest BCUT2D eigenvalue weighted by molar-refractivity contribution is 7.17. The Morgan fingerprint density at radius 3 is 2.39 bits per heavy atom. The lowest BCUT2D eigenvalue weighted by molar-refractivity contribution is 0.112. The normalized spacial score (nSPS) is 10.5. The summed E-state index contributed by atoms with van der Waals surface area (Å²) in [5.41, 5.74) is 1.02. The van der Waals surface area contributed by atoms with Gasteiger partial charge in [-0.1, -0.05) is 26.7 Å². The Bertz CT molecular complexity index is 619. The summed E-state index contributed by atoms with van der Waals surface area (Å²) in [6.07, 6.45) is 5.15. The van der Waals surface area contributed by atoms with E-state index in [4.69, 9.17) is 9.47 Å². The summed E-state index contributed by atoms with van der Waals surface area (Å²) in [6, 6.07) is 9.75. The highest BCUT2D eigenvalue weighted by Crippen LogP contribution is 2.37. The number of unbranched alkanes of at least 4 members (excludes halogenated alkanes) is 2. The minimum absolute atomic E-state index is 0.688. The molecule has 0 saturated heterocycles. The van der Waals surface area contributed by atoms with E-state index in [1.807, 2.05) is 30.3 Å². The molecule has 2 rings (SSSR count). The van der Waals surface area contributed by atoms with Crippen LogP contribution in [-0.2, 0) is 0 Å². The third kappa shape index (κ3) is 5.10. The molecule has 1 aromatic heterocycles. The predicted octanol–water partition coefficient (Wildman–Crippen LogP) is 5.59. The minimum atomic E-state index is 0.688. The molecule has 1 aromatic carbocycles. The first-order chi connectivity index (χ1) is 11.3. The Kier molecular flexibility index (Phi) is 7.14. The second-order valence-electron chi connectivity index (χ2n) is 5.38. The smallest absolute Gasteiger partial charge is 0.160 e. The average molecular weight is 332 g/mol. The van der Waals surface area contributed by atoms with E-state index in [0.717, 1.165) is 65.4 Å². The number of aldehydes is 1. The molecule has 2 aromatic rings. The number of carbonyl (C=O) groups is 1. The largest absolute Gasteiger partial charge is 0.493 e. The van der Waals surface area contributed by atoms with Crippen molar-refractivity contribution in [3.8, 4) is 21.9 Å². The molecule has 0 atom stereocenters. The minimum Gasteiger partial charge on any atom is -0.493 e. The molecular formula is C19H24O3S. The number of hydrogen-bond acceptors (Lipinski definition) is 4. The molecule has 0 aliphatic heterocycles. The molecule has 0 radical (unpaired) electrons. The van der Waals surface area contributed by atoms with Crippen LogP contribution in [0.3, 0.4) is 0 Å². The lowest BCUT2D eigenvalue weighted by atomic mass is 10.1. The van der Waals surface area contributed by atoms with E-state index in [2.05, 4.69) is 13.8 Å². The first-order valence-corrected chi connectivity index (χ1v) is 9.05. The summed E-state index contributed by atoms with van der Waals surface area (Å²) in [6.45, 7) is 5.70. The highest BCUT2D eigenvalue weighted by atomic mass is 32.1. The summed E-state index contributed by atoms with van der Waals surface area (Å²) in [5.74, 6) is 1.66. The van der Waals surface area contributed by atoms with Crippen LogP contribution in [0.2, 0.25) is 0 Å². The van der Waals surface area contributed by atoms with Gasteiger partial charge in [0.05, 0.1) is 18.1 Å². The molecular weight excluding hydrogens is 308 g/mol. The van der Waals surface area contributed by atoms with Crippen LogP contribution < -0.4 is 9.47 Å². The van der Waals surface area contributed by atoms with Gasteiger partial charge in [0.2, 0.25) is 0 Å². The van der Waals surface area contributed by atoms with Gasteiger partial charge >= 0.3 is 0 Å². The maximum absolute atomic E-state index is 10.9. The fourth-order valence-electron chi connectivity index (χ4n) is 2.14. The molecule has 23 heavy (non-hydrogen) atoms. The third-order valence-electron chi connectivity index (χ3n) is 3.48. The number of rotatable bonds is 10. The molecule has 0 fully saturated rings. The van der Waals surface area contributed by atoms with Gasteiger partial charge in [-0.05, 0) is 37.1 Å². The fraction of sp³-hybridized carbons (Fsp3) is 0.421. The summed E-state index contributed by atoms with van der Waals surface area (Å²) in [7, 11) is 0. The quantitative estimate of drug-likeness (QED) is 0.420. The molecule has 0 unspecified atom stereocenters. The van der Waals surface area contributed by atoms with Crippen molar-refractivity contribution >= 4 is 17.6 Å². The van der Waals surface area contributed by atoms with Gasteiger partial charge in [-0.25, -0.2) is 0 Å². The number of hydrogen-bond donors (Lipinski definition) is 0. The van der Waals surface area contributed by atoms with Gasteiger partial charge in [-0.15, -0.1) is 11.3 Å². The zero-order chi connectivity index (χ0) is 16.5. The lowest BCUT2D eigenvalue weighted by Crippen LogP contribution is -2.00. The van der Waals surface area contributed by atoms with Gasteiger partial charge in [0.1, 0.15) is 11.5 Å². The van der Waals surface area contributed by atoms with E-state index in [9.17, 15) is 4.79 Å². The molecule has 0 aliphatic carbocycles.